The first-order valence-corrected chi connectivity index (χ1v) is 9.98. The van der Waals surface area contributed by atoms with Crippen LogP contribution in [0.3, 0.4) is 0 Å². The summed E-state index contributed by atoms with van der Waals surface area (Å²) in [5.41, 5.74) is 6.48. The summed E-state index contributed by atoms with van der Waals surface area (Å²) in [5.74, 6) is 0.981. The van der Waals surface area contributed by atoms with Crippen molar-refractivity contribution in [2.24, 2.45) is 0 Å². The van der Waals surface area contributed by atoms with Gasteiger partial charge in [-0.15, -0.1) is 0 Å². The van der Waals surface area contributed by atoms with Crippen LogP contribution in [-0.2, 0) is 0 Å². The first-order valence-electron chi connectivity index (χ1n) is 9.98. The quantitative estimate of drug-likeness (QED) is 0.288. The molecule has 32 heavy (non-hydrogen) atoms. The number of imidazole rings is 1. The average Bonchev–Trinajstić information content (AvgIpc) is 3.24. The van der Waals surface area contributed by atoms with E-state index in [9.17, 15) is 4.79 Å². The molecule has 0 bridgehead atoms. The molecule has 0 saturated carbocycles. The molecular weight excluding hydrogens is 402 g/mol. The highest BCUT2D eigenvalue weighted by molar-refractivity contribution is 5.94. The fourth-order valence-electron chi connectivity index (χ4n) is 3.44. The maximum atomic E-state index is 11.5. The highest BCUT2D eigenvalue weighted by atomic mass is 16.1. The summed E-state index contributed by atoms with van der Waals surface area (Å²) < 4.78 is 0. The number of H-pyrrole nitrogens is 1. The number of nitriles is 1. The number of carbonyl (C=O) groups is 1. The van der Waals surface area contributed by atoms with Crippen molar-refractivity contribution < 1.29 is 4.79 Å². The van der Waals surface area contributed by atoms with Gasteiger partial charge in [0, 0.05) is 23.0 Å². The van der Waals surface area contributed by atoms with Gasteiger partial charge in [0.25, 0.3) is 0 Å². The number of allylic oxidation sites excluding steroid dienone is 1. The van der Waals surface area contributed by atoms with Gasteiger partial charge in [0.05, 0.1) is 12.4 Å². The fraction of sp³-hybridized carbons (Fsp3) is 0.125. The van der Waals surface area contributed by atoms with Gasteiger partial charge < -0.3 is 15.6 Å². The molecule has 4 aromatic rings. The van der Waals surface area contributed by atoms with Crippen LogP contribution in [0.4, 0.5) is 23.1 Å². The summed E-state index contributed by atoms with van der Waals surface area (Å²) >= 11 is 0. The van der Waals surface area contributed by atoms with Crippen molar-refractivity contribution in [2.75, 3.05) is 10.6 Å². The topological polar surface area (TPSA) is 119 Å². The number of ketones is 1. The Balaban J connectivity index is 1.67. The molecule has 8 heteroatoms. The van der Waals surface area contributed by atoms with E-state index in [1.54, 1.807) is 24.5 Å². The van der Waals surface area contributed by atoms with Gasteiger partial charge in [-0.05, 0) is 79.9 Å². The second-order valence-corrected chi connectivity index (χ2v) is 7.37. The zero-order chi connectivity index (χ0) is 22.7. The summed E-state index contributed by atoms with van der Waals surface area (Å²) in [6.45, 7) is 5.51. The Morgan fingerprint density at radius 2 is 1.81 bits per heavy atom. The van der Waals surface area contributed by atoms with Gasteiger partial charge in [-0.25, -0.2) is 4.98 Å². The Hall–Kier alpha value is -4.51. The van der Waals surface area contributed by atoms with Crippen molar-refractivity contribution in [2.45, 2.75) is 20.8 Å². The van der Waals surface area contributed by atoms with E-state index in [1.165, 1.54) is 13.0 Å². The molecule has 0 aliphatic rings. The Morgan fingerprint density at radius 1 is 1.09 bits per heavy atom. The third-order valence-corrected chi connectivity index (χ3v) is 4.98. The maximum absolute atomic E-state index is 11.5. The minimum Gasteiger partial charge on any atom is -0.340 e. The molecule has 0 aliphatic heterocycles. The Bertz CT molecular complexity index is 1350. The number of aryl methyl sites for hydroxylation is 2. The molecule has 0 atom stereocenters. The van der Waals surface area contributed by atoms with Crippen LogP contribution in [0.25, 0.3) is 17.2 Å². The second-order valence-electron chi connectivity index (χ2n) is 7.37. The minimum atomic E-state index is 0.0147. The van der Waals surface area contributed by atoms with Crippen LogP contribution in [-0.4, -0.2) is 25.7 Å². The minimum absolute atomic E-state index is 0.0147. The lowest BCUT2D eigenvalue weighted by Crippen LogP contribution is -2.04. The van der Waals surface area contributed by atoms with Gasteiger partial charge in [0.15, 0.2) is 17.2 Å². The Kier molecular flexibility index (Phi) is 5.64. The number of hydrogen-bond acceptors (Lipinski definition) is 7. The average molecular weight is 423 g/mol. The molecule has 4 rings (SSSR count). The zero-order valence-electron chi connectivity index (χ0n) is 17.9. The van der Waals surface area contributed by atoms with E-state index < -0.39 is 0 Å². The normalized spacial score (nSPS) is 10.9. The number of rotatable bonds is 6. The molecule has 0 saturated heterocycles. The van der Waals surface area contributed by atoms with E-state index >= 15 is 0 Å². The number of aromatic nitrogens is 4. The first kappa shape index (κ1) is 20.8. The lowest BCUT2D eigenvalue weighted by Gasteiger charge is -2.14. The highest BCUT2D eigenvalue weighted by Crippen LogP contribution is 2.28. The number of anilines is 4. The predicted molar refractivity (Wildman–Crippen MR) is 125 cm³/mol. The van der Waals surface area contributed by atoms with Crippen LogP contribution >= 0.6 is 0 Å². The van der Waals surface area contributed by atoms with Crippen molar-refractivity contribution in [3.8, 4) is 6.07 Å². The Morgan fingerprint density at radius 3 is 2.47 bits per heavy atom. The van der Waals surface area contributed by atoms with Gasteiger partial charge >= 0.3 is 0 Å². The largest absolute Gasteiger partial charge is 0.340 e. The smallest absolute Gasteiger partial charge is 0.231 e. The van der Waals surface area contributed by atoms with Crippen LogP contribution in [0.2, 0.25) is 0 Å². The van der Waals surface area contributed by atoms with Gasteiger partial charge in [-0.1, -0.05) is 0 Å². The van der Waals surface area contributed by atoms with Crippen LogP contribution in [0.15, 0.2) is 48.8 Å². The molecule has 158 valence electrons. The van der Waals surface area contributed by atoms with Gasteiger partial charge in [-0.3, -0.25) is 4.79 Å². The number of hydrogen-bond donors (Lipinski definition) is 3. The number of fused-ring (bicyclic) bond motifs is 1. The molecule has 0 unspecified atom stereocenters. The SMILES string of the molecule is CC(=O)c1ccc(Nc2nc(Nc3c(C)cc(/C=C/C#N)cc3C)nc3nc[nH]c23)cc1. The van der Waals surface area contributed by atoms with Crippen LogP contribution < -0.4 is 10.6 Å². The van der Waals surface area contributed by atoms with E-state index in [-0.39, 0.29) is 5.78 Å². The van der Waals surface area contributed by atoms with E-state index in [2.05, 4.69) is 30.6 Å². The van der Waals surface area contributed by atoms with Gasteiger partial charge in [0.1, 0.15) is 5.52 Å². The lowest BCUT2D eigenvalue weighted by atomic mass is 10.0. The molecule has 2 heterocycles. The number of carbonyl (C=O) groups excluding carboxylic acids is 1. The molecule has 0 fully saturated rings. The number of benzene rings is 2. The Labute approximate surface area is 185 Å². The molecule has 2 aromatic carbocycles. The molecule has 8 nitrogen and oxygen atoms in total. The zero-order valence-corrected chi connectivity index (χ0v) is 17.9. The summed E-state index contributed by atoms with van der Waals surface area (Å²) in [6, 6.07) is 13.2. The number of Topliss-reactive ketones (excluding diaryl/α,β-unsaturated/α-hetero) is 1. The third kappa shape index (κ3) is 4.32. The lowest BCUT2D eigenvalue weighted by molar-refractivity contribution is 0.101. The molecule has 0 radical (unpaired) electrons. The van der Waals surface area contributed by atoms with E-state index in [0.29, 0.717) is 28.5 Å². The standard InChI is InChI=1S/C24H21N7O/c1-14-11-17(5-4-10-25)12-15(2)20(14)29-24-30-22-21(26-13-27-22)23(31-24)28-19-8-6-18(7-9-19)16(3)32/h4-9,11-13H,1-3H3,(H3,26,27,28,29,30,31)/b5-4+. The highest BCUT2D eigenvalue weighted by Gasteiger charge is 2.13. The van der Waals surface area contributed by atoms with Crippen molar-refractivity contribution in [1.29, 1.82) is 5.26 Å². The first-order chi connectivity index (χ1) is 15.4. The maximum Gasteiger partial charge on any atom is 0.231 e. The van der Waals surface area contributed by atoms with Crippen molar-refractivity contribution >= 4 is 46.2 Å². The fourth-order valence-corrected chi connectivity index (χ4v) is 3.44. The molecule has 0 spiro atoms. The monoisotopic (exact) mass is 423 g/mol. The van der Waals surface area contributed by atoms with Crippen LogP contribution in [0.5, 0.6) is 0 Å². The van der Waals surface area contributed by atoms with Crippen molar-refractivity contribution in [3.63, 3.8) is 0 Å². The third-order valence-electron chi connectivity index (χ3n) is 4.98. The van der Waals surface area contributed by atoms with Crippen LogP contribution in [0.1, 0.15) is 34.0 Å². The summed E-state index contributed by atoms with van der Waals surface area (Å²) in [5, 5.41) is 15.3. The molecule has 2 aromatic heterocycles. The molecule has 0 aliphatic carbocycles. The number of nitrogens with one attached hydrogen (secondary N) is 3. The van der Waals surface area contributed by atoms with E-state index in [0.717, 1.165) is 28.1 Å². The van der Waals surface area contributed by atoms with E-state index in [4.69, 9.17) is 5.26 Å². The summed E-state index contributed by atoms with van der Waals surface area (Å²) in [4.78, 5) is 28.0. The number of aromatic amines is 1. The second kappa shape index (κ2) is 8.70. The van der Waals surface area contributed by atoms with Gasteiger partial charge in [0.2, 0.25) is 5.95 Å². The van der Waals surface area contributed by atoms with Crippen molar-refractivity contribution in [1.82, 2.24) is 19.9 Å². The van der Waals surface area contributed by atoms with Crippen molar-refractivity contribution in [3.05, 3.63) is 71.1 Å². The number of nitrogens with zero attached hydrogens (tertiary/aromatic N) is 4. The van der Waals surface area contributed by atoms with E-state index in [1.807, 2.05) is 44.2 Å². The predicted octanol–water partition coefficient (Wildman–Crippen LogP) is 5.20. The van der Waals surface area contributed by atoms with Gasteiger partial charge in [-0.2, -0.15) is 15.2 Å². The summed E-state index contributed by atoms with van der Waals surface area (Å²) in [7, 11) is 0. The molecule has 3 N–H and O–H groups in total. The molecular formula is C24H21N7O. The molecule has 0 amide bonds. The van der Waals surface area contributed by atoms with Crippen LogP contribution in [0, 0.1) is 25.2 Å². The summed E-state index contributed by atoms with van der Waals surface area (Å²) in [6.07, 6.45) is 4.80.